The lowest BCUT2D eigenvalue weighted by molar-refractivity contribution is 0.194. The minimum atomic E-state index is 0. The first kappa shape index (κ1) is 21.3. The number of hydrogen-bond donors (Lipinski definition) is 1. The van der Waals surface area contributed by atoms with Crippen molar-refractivity contribution in [2.45, 2.75) is 26.5 Å². The van der Waals surface area contributed by atoms with Crippen molar-refractivity contribution in [1.82, 2.24) is 5.32 Å². The Balaban J connectivity index is 0.00000312. The molecule has 4 nitrogen and oxygen atoms in total. The van der Waals surface area contributed by atoms with Crippen molar-refractivity contribution in [3.8, 4) is 11.5 Å². The molecule has 0 saturated carbocycles. The molecule has 0 fully saturated rings. The van der Waals surface area contributed by atoms with Gasteiger partial charge >= 0.3 is 0 Å². The van der Waals surface area contributed by atoms with E-state index in [9.17, 15) is 0 Å². The van der Waals surface area contributed by atoms with Gasteiger partial charge in [-0.2, -0.15) is 0 Å². The molecule has 0 heterocycles. The lowest BCUT2D eigenvalue weighted by atomic mass is 10.1. The second-order valence-corrected chi connectivity index (χ2v) is 5.72. The Hall–Kier alpha value is -1.75. The zero-order chi connectivity index (χ0) is 17.2. The maximum atomic E-state index is 5.95. The molecule has 2 aromatic carbocycles. The van der Waals surface area contributed by atoms with Gasteiger partial charge in [-0.1, -0.05) is 30.3 Å². The maximum Gasteiger partial charge on any atom is 0.161 e. The monoisotopic (exact) mass is 365 g/mol. The second-order valence-electron chi connectivity index (χ2n) is 5.72. The van der Waals surface area contributed by atoms with Crippen molar-refractivity contribution in [3.05, 3.63) is 59.2 Å². The van der Waals surface area contributed by atoms with Gasteiger partial charge in [0.05, 0.1) is 7.11 Å². The highest BCUT2D eigenvalue weighted by molar-refractivity contribution is 5.85. The zero-order valence-electron chi connectivity index (χ0n) is 15.2. The smallest absolute Gasteiger partial charge is 0.161 e. The van der Waals surface area contributed by atoms with E-state index < -0.39 is 0 Å². The van der Waals surface area contributed by atoms with Crippen molar-refractivity contribution >= 4 is 12.4 Å². The highest BCUT2D eigenvalue weighted by atomic mass is 35.5. The van der Waals surface area contributed by atoms with Crippen LogP contribution in [0.1, 0.15) is 23.1 Å². The molecule has 5 heteroatoms. The highest BCUT2D eigenvalue weighted by Crippen LogP contribution is 2.29. The van der Waals surface area contributed by atoms with Gasteiger partial charge in [0.15, 0.2) is 11.5 Å². The summed E-state index contributed by atoms with van der Waals surface area (Å²) in [5.74, 6) is 1.53. The third-order valence-electron chi connectivity index (χ3n) is 3.90. The first-order valence-electron chi connectivity index (χ1n) is 8.28. The van der Waals surface area contributed by atoms with Crippen LogP contribution in [0.5, 0.6) is 11.5 Å². The summed E-state index contributed by atoms with van der Waals surface area (Å²) in [7, 11) is 3.40. The van der Waals surface area contributed by atoms with E-state index in [1.54, 1.807) is 14.2 Å². The Kier molecular flexibility index (Phi) is 10.0. The van der Waals surface area contributed by atoms with Crippen molar-refractivity contribution in [2.24, 2.45) is 0 Å². The maximum absolute atomic E-state index is 5.95. The van der Waals surface area contributed by atoms with Crippen molar-refractivity contribution in [1.29, 1.82) is 0 Å². The molecule has 138 valence electrons. The van der Waals surface area contributed by atoms with Gasteiger partial charge in [-0.3, -0.25) is 0 Å². The molecule has 0 atom stereocenters. The average Bonchev–Trinajstić information content (AvgIpc) is 2.61. The van der Waals surface area contributed by atoms with Crippen molar-refractivity contribution in [2.75, 3.05) is 27.4 Å². The molecular formula is C20H28ClNO3. The molecule has 0 unspecified atom stereocenters. The number of ether oxygens (including phenoxy) is 3. The Bertz CT molecular complexity index is 634. The van der Waals surface area contributed by atoms with Crippen LogP contribution in [0.4, 0.5) is 0 Å². The molecule has 0 bridgehead atoms. The summed E-state index contributed by atoms with van der Waals surface area (Å²) < 4.78 is 16.5. The Morgan fingerprint density at radius 2 is 1.80 bits per heavy atom. The van der Waals surface area contributed by atoms with Crippen molar-refractivity contribution in [3.63, 3.8) is 0 Å². The number of rotatable bonds is 10. The van der Waals surface area contributed by atoms with Crippen LogP contribution in [-0.2, 0) is 17.9 Å². The molecular weight excluding hydrogens is 338 g/mol. The van der Waals surface area contributed by atoms with Crippen LogP contribution < -0.4 is 14.8 Å². The Morgan fingerprint density at radius 1 is 1.00 bits per heavy atom. The third kappa shape index (κ3) is 6.94. The summed E-state index contributed by atoms with van der Waals surface area (Å²) in [4.78, 5) is 0. The van der Waals surface area contributed by atoms with E-state index in [1.165, 1.54) is 16.7 Å². The standard InChI is InChI=1S/C20H27NO3.ClH/c1-16-7-4-5-8-18(16)15-24-19-10-9-17(13-20(19)23-3)14-21-11-6-12-22-2;/h4-5,7-10,13,21H,6,11-12,14-15H2,1-3H3;1H. The molecule has 2 aromatic rings. The lowest BCUT2D eigenvalue weighted by Crippen LogP contribution is -2.16. The SMILES string of the molecule is COCCCNCc1ccc(OCc2ccccc2C)c(OC)c1.Cl. The van der Waals surface area contributed by atoms with Crippen molar-refractivity contribution < 1.29 is 14.2 Å². The normalized spacial score (nSPS) is 10.2. The van der Waals surface area contributed by atoms with E-state index in [0.29, 0.717) is 6.61 Å². The molecule has 1 N–H and O–H groups in total. The molecule has 0 aliphatic heterocycles. The summed E-state index contributed by atoms with van der Waals surface area (Å²) >= 11 is 0. The molecule has 0 amide bonds. The van der Waals surface area contributed by atoms with Gasteiger partial charge in [-0.15, -0.1) is 12.4 Å². The molecule has 0 aromatic heterocycles. The number of hydrogen-bond acceptors (Lipinski definition) is 4. The minimum absolute atomic E-state index is 0. The van der Waals surface area contributed by atoms with Gasteiger partial charge in [-0.25, -0.2) is 0 Å². The van der Waals surface area contributed by atoms with E-state index in [4.69, 9.17) is 14.2 Å². The summed E-state index contributed by atoms with van der Waals surface area (Å²) in [5.41, 5.74) is 3.59. The minimum Gasteiger partial charge on any atom is -0.493 e. The van der Waals surface area contributed by atoms with Crippen LogP contribution in [0.25, 0.3) is 0 Å². The quantitative estimate of drug-likeness (QED) is 0.642. The van der Waals surface area contributed by atoms with Gasteiger partial charge < -0.3 is 19.5 Å². The van der Waals surface area contributed by atoms with Gasteiger partial charge in [-0.05, 0) is 48.7 Å². The fourth-order valence-corrected chi connectivity index (χ4v) is 2.44. The van der Waals surface area contributed by atoms with Crippen LogP contribution in [0.2, 0.25) is 0 Å². The Morgan fingerprint density at radius 3 is 2.52 bits per heavy atom. The first-order chi connectivity index (χ1) is 11.7. The van der Waals surface area contributed by atoms with Crippen LogP contribution in [-0.4, -0.2) is 27.4 Å². The average molecular weight is 366 g/mol. The van der Waals surface area contributed by atoms with E-state index in [1.807, 2.05) is 24.3 Å². The van der Waals surface area contributed by atoms with Gasteiger partial charge in [0.25, 0.3) is 0 Å². The fourth-order valence-electron chi connectivity index (χ4n) is 2.44. The predicted molar refractivity (Wildman–Crippen MR) is 104 cm³/mol. The molecule has 0 aliphatic rings. The van der Waals surface area contributed by atoms with E-state index in [-0.39, 0.29) is 12.4 Å². The van der Waals surface area contributed by atoms with Gasteiger partial charge in [0, 0.05) is 20.3 Å². The Labute approximate surface area is 156 Å². The first-order valence-corrected chi connectivity index (χ1v) is 8.28. The topological polar surface area (TPSA) is 39.7 Å². The summed E-state index contributed by atoms with van der Waals surface area (Å²) in [5, 5.41) is 3.40. The number of halogens is 1. The van der Waals surface area contributed by atoms with E-state index in [2.05, 4.69) is 30.4 Å². The number of nitrogens with one attached hydrogen (secondary N) is 1. The molecule has 2 rings (SSSR count). The highest BCUT2D eigenvalue weighted by Gasteiger charge is 2.07. The van der Waals surface area contributed by atoms with Crippen LogP contribution in [0.3, 0.4) is 0 Å². The second kappa shape index (κ2) is 11.7. The van der Waals surface area contributed by atoms with E-state index >= 15 is 0 Å². The van der Waals surface area contributed by atoms with Crippen LogP contribution >= 0.6 is 12.4 Å². The predicted octanol–water partition coefficient (Wildman–Crippen LogP) is 4.13. The zero-order valence-corrected chi connectivity index (χ0v) is 16.0. The van der Waals surface area contributed by atoms with Crippen LogP contribution in [0.15, 0.2) is 42.5 Å². The van der Waals surface area contributed by atoms with Gasteiger partial charge in [0.2, 0.25) is 0 Å². The van der Waals surface area contributed by atoms with Crippen LogP contribution in [0, 0.1) is 6.92 Å². The molecule has 25 heavy (non-hydrogen) atoms. The summed E-state index contributed by atoms with van der Waals surface area (Å²) in [6, 6.07) is 14.3. The van der Waals surface area contributed by atoms with Gasteiger partial charge in [0.1, 0.15) is 6.61 Å². The number of benzene rings is 2. The fraction of sp³-hybridized carbons (Fsp3) is 0.400. The molecule has 0 saturated heterocycles. The number of methoxy groups -OCH3 is 2. The summed E-state index contributed by atoms with van der Waals surface area (Å²) in [6.07, 6.45) is 1.01. The molecule has 0 aliphatic carbocycles. The molecule has 0 spiro atoms. The molecule has 0 radical (unpaired) electrons. The number of aryl methyl sites for hydroxylation is 1. The summed E-state index contributed by atoms with van der Waals surface area (Å²) in [6.45, 7) is 5.15. The third-order valence-corrected chi connectivity index (χ3v) is 3.90. The largest absolute Gasteiger partial charge is 0.493 e. The van der Waals surface area contributed by atoms with E-state index in [0.717, 1.165) is 37.6 Å². The lowest BCUT2D eigenvalue weighted by Gasteiger charge is -2.13.